The van der Waals surface area contributed by atoms with E-state index in [0.717, 1.165) is 0 Å². The number of thiophene rings is 1. The largest absolute Gasteiger partial charge is 0.457 e. The Kier molecular flexibility index (Phi) is 6.32. The van der Waals surface area contributed by atoms with Crippen LogP contribution >= 0.6 is 11.3 Å². The van der Waals surface area contributed by atoms with Crippen molar-refractivity contribution in [1.82, 2.24) is 0 Å². The van der Waals surface area contributed by atoms with E-state index in [4.69, 9.17) is 9.15 Å². The predicted molar refractivity (Wildman–Crippen MR) is 125 cm³/mol. The van der Waals surface area contributed by atoms with E-state index in [1.807, 2.05) is 0 Å². The molecule has 0 saturated heterocycles. The van der Waals surface area contributed by atoms with Gasteiger partial charge < -0.3 is 19.8 Å². The fraction of sp³-hybridized carbons (Fsp3) is 0.0833. The van der Waals surface area contributed by atoms with E-state index in [-0.39, 0.29) is 29.6 Å². The smallest absolute Gasteiger partial charge is 0.340 e. The standard InChI is InChI=1S/C24H18N2O6S/c1-14(27)25-17-6-7-18-16(10-22(28)32-21(18)11-17)12-31-24(30)19-4-2-3-5-20(19)26-23(29)15-8-9-33-13-15/h2-11,13H,12H2,1H3,(H,25,27)(H,26,29). The van der Waals surface area contributed by atoms with Gasteiger partial charge in [0.2, 0.25) is 5.91 Å². The van der Waals surface area contributed by atoms with Crippen LogP contribution in [0, 0.1) is 0 Å². The van der Waals surface area contributed by atoms with E-state index >= 15 is 0 Å². The lowest BCUT2D eigenvalue weighted by molar-refractivity contribution is -0.114. The van der Waals surface area contributed by atoms with Crippen molar-refractivity contribution in [3.63, 3.8) is 0 Å². The van der Waals surface area contributed by atoms with Gasteiger partial charge in [0.25, 0.3) is 5.91 Å². The molecule has 2 aromatic heterocycles. The van der Waals surface area contributed by atoms with Crippen molar-refractivity contribution < 1.29 is 23.5 Å². The Hall–Kier alpha value is -4.24. The third-order valence-corrected chi connectivity index (χ3v) is 5.37. The van der Waals surface area contributed by atoms with E-state index in [9.17, 15) is 19.2 Å². The number of rotatable bonds is 6. The van der Waals surface area contributed by atoms with Gasteiger partial charge >= 0.3 is 11.6 Å². The second-order valence-electron chi connectivity index (χ2n) is 7.07. The Morgan fingerprint density at radius 3 is 2.61 bits per heavy atom. The minimum atomic E-state index is -0.660. The average molecular weight is 462 g/mol. The number of para-hydroxylation sites is 1. The van der Waals surface area contributed by atoms with Crippen molar-refractivity contribution >= 4 is 51.5 Å². The predicted octanol–water partition coefficient (Wildman–Crippen LogP) is 4.42. The van der Waals surface area contributed by atoms with Crippen LogP contribution < -0.4 is 16.3 Å². The van der Waals surface area contributed by atoms with E-state index in [1.165, 1.54) is 30.4 Å². The second kappa shape index (κ2) is 9.49. The van der Waals surface area contributed by atoms with Crippen molar-refractivity contribution in [2.75, 3.05) is 10.6 Å². The first-order valence-corrected chi connectivity index (χ1v) is 10.8. The Labute approximate surface area is 191 Å². The van der Waals surface area contributed by atoms with Crippen LogP contribution in [-0.2, 0) is 16.1 Å². The molecule has 0 aliphatic carbocycles. The third kappa shape index (κ3) is 5.16. The van der Waals surface area contributed by atoms with Gasteiger partial charge in [-0.05, 0) is 35.7 Å². The summed E-state index contributed by atoms with van der Waals surface area (Å²) in [6, 6.07) is 14.3. The summed E-state index contributed by atoms with van der Waals surface area (Å²) in [4.78, 5) is 48.4. The summed E-state index contributed by atoms with van der Waals surface area (Å²) in [5, 5.41) is 9.40. The number of carbonyl (C=O) groups excluding carboxylic acids is 3. The maximum Gasteiger partial charge on any atom is 0.340 e. The van der Waals surface area contributed by atoms with Gasteiger partial charge in [-0.2, -0.15) is 11.3 Å². The van der Waals surface area contributed by atoms with Crippen LogP contribution in [0.5, 0.6) is 0 Å². The molecule has 2 N–H and O–H groups in total. The number of hydrogen-bond acceptors (Lipinski definition) is 7. The zero-order valence-electron chi connectivity index (χ0n) is 17.4. The Balaban J connectivity index is 1.54. The van der Waals surface area contributed by atoms with E-state index in [0.29, 0.717) is 27.9 Å². The maximum atomic E-state index is 12.8. The van der Waals surface area contributed by atoms with Crippen LogP contribution in [-0.4, -0.2) is 17.8 Å². The van der Waals surface area contributed by atoms with Gasteiger partial charge in [0.05, 0.1) is 16.8 Å². The molecule has 4 aromatic rings. The summed E-state index contributed by atoms with van der Waals surface area (Å²) in [7, 11) is 0. The van der Waals surface area contributed by atoms with Crippen LogP contribution in [0.3, 0.4) is 0 Å². The molecule has 2 aromatic carbocycles. The number of benzene rings is 2. The molecule has 0 spiro atoms. The summed E-state index contributed by atoms with van der Waals surface area (Å²) in [6.07, 6.45) is 0. The number of nitrogens with one attached hydrogen (secondary N) is 2. The van der Waals surface area contributed by atoms with Crippen molar-refractivity contribution in [3.8, 4) is 0 Å². The first-order chi connectivity index (χ1) is 15.9. The van der Waals surface area contributed by atoms with Crippen LogP contribution in [0.25, 0.3) is 11.0 Å². The molecule has 4 rings (SSSR count). The molecule has 166 valence electrons. The molecule has 2 heterocycles. The monoisotopic (exact) mass is 462 g/mol. The number of carbonyl (C=O) groups is 3. The summed E-state index contributed by atoms with van der Waals surface area (Å²) in [5.74, 6) is -1.25. The molecule has 0 bridgehead atoms. The number of anilines is 2. The highest BCUT2D eigenvalue weighted by atomic mass is 32.1. The molecule has 0 unspecified atom stereocenters. The quantitative estimate of drug-likeness (QED) is 0.324. The highest BCUT2D eigenvalue weighted by Crippen LogP contribution is 2.23. The van der Waals surface area contributed by atoms with Gasteiger partial charge in [0.15, 0.2) is 0 Å². The van der Waals surface area contributed by atoms with Gasteiger partial charge in [0, 0.05) is 41.1 Å². The van der Waals surface area contributed by atoms with Crippen molar-refractivity contribution in [1.29, 1.82) is 0 Å². The van der Waals surface area contributed by atoms with Crippen LogP contribution in [0.2, 0.25) is 0 Å². The van der Waals surface area contributed by atoms with Crippen molar-refractivity contribution in [2.45, 2.75) is 13.5 Å². The van der Waals surface area contributed by atoms with Crippen LogP contribution in [0.1, 0.15) is 33.2 Å². The van der Waals surface area contributed by atoms with Gasteiger partial charge in [-0.1, -0.05) is 12.1 Å². The fourth-order valence-corrected chi connectivity index (χ4v) is 3.85. The number of amides is 2. The number of hydrogen-bond donors (Lipinski definition) is 2. The number of esters is 1. The molecule has 9 heteroatoms. The van der Waals surface area contributed by atoms with Crippen LogP contribution in [0.4, 0.5) is 11.4 Å². The average Bonchev–Trinajstić information content (AvgIpc) is 3.32. The maximum absolute atomic E-state index is 12.8. The number of ether oxygens (including phenoxy) is 1. The van der Waals surface area contributed by atoms with Gasteiger partial charge in [0.1, 0.15) is 12.2 Å². The molecule has 33 heavy (non-hydrogen) atoms. The van der Waals surface area contributed by atoms with Gasteiger partial charge in [-0.15, -0.1) is 0 Å². The molecular weight excluding hydrogens is 444 g/mol. The van der Waals surface area contributed by atoms with Gasteiger partial charge in [-0.25, -0.2) is 9.59 Å². The molecule has 2 amide bonds. The minimum Gasteiger partial charge on any atom is -0.457 e. The summed E-state index contributed by atoms with van der Waals surface area (Å²) in [6.45, 7) is 1.18. The molecule has 0 aliphatic heterocycles. The molecule has 0 aliphatic rings. The number of fused-ring (bicyclic) bond motifs is 1. The first-order valence-electron chi connectivity index (χ1n) is 9.85. The van der Waals surface area contributed by atoms with E-state index in [1.54, 1.807) is 53.2 Å². The molecule has 0 fully saturated rings. The van der Waals surface area contributed by atoms with E-state index < -0.39 is 11.6 Å². The highest BCUT2D eigenvalue weighted by molar-refractivity contribution is 7.08. The van der Waals surface area contributed by atoms with Gasteiger partial charge in [-0.3, -0.25) is 9.59 Å². The lowest BCUT2D eigenvalue weighted by atomic mass is 10.1. The Bertz CT molecular complexity index is 1410. The molecule has 0 radical (unpaired) electrons. The lowest BCUT2D eigenvalue weighted by Crippen LogP contribution is -2.15. The first kappa shape index (κ1) is 22.0. The minimum absolute atomic E-state index is 0.182. The topological polar surface area (TPSA) is 115 Å². The van der Waals surface area contributed by atoms with Crippen molar-refractivity contribution in [2.24, 2.45) is 0 Å². The SMILES string of the molecule is CC(=O)Nc1ccc2c(COC(=O)c3ccccc3NC(=O)c3ccsc3)cc(=O)oc2c1. The second-order valence-corrected chi connectivity index (χ2v) is 7.85. The molecule has 0 atom stereocenters. The van der Waals surface area contributed by atoms with Crippen molar-refractivity contribution in [3.05, 3.63) is 92.5 Å². The molecular formula is C24H18N2O6S. The fourth-order valence-electron chi connectivity index (χ4n) is 3.21. The summed E-state index contributed by atoms with van der Waals surface area (Å²) in [5.41, 5.74) is 1.55. The van der Waals surface area contributed by atoms with Crippen LogP contribution in [0.15, 0.2) is 74.6 Å². The zero-order valence-corrected chi connectivity index (χ0v) is 18.2. The highest BCUT2D eigenvalue weighted by Gasteiger charge is 2.17. The zero-order chi connectivity index (χ0) is 23.4. The summed E-state index contributed by atoms with van der Waals surface area (Å²) < 4.78 is 10.7. The molecule has 0 saturated carbocycles. The normalized spacial score (nSPS) is 10.6. The van der Waals surface area contributed by atoms with E-state index in [2.05, 4.69) is 10.6 Å². The third-order valence-electron chi connectivity index (χ3n) is 4.69. The Morgan fingerprint density at radius 2 is 1.85 bits per heavy atom. The Morgan fingerprint density at radius 1 is 1.03 bits per heavy atom. The summed E-state index contributed by atoms with van der Waals surface area (Å²) >= 11 is 1.39. The lowest BCUT2D eigenvalue weighted by Gasteiger charge is -2.12. The molecule has 8 nitrogen and oxygen atoms in total.